The summed E-state index contributed by atoms with van der Waals surface area (Å²) in [5, 5.41) is 10.6. The molecule has 0 aliphatic heterocycles. The highest BCUT2D eigenvalue weighted by atomic mass is 19.3. The first-order valence-corrected chi connectivity index (χ1v) is 9.86. The number of carboxylic acids is 1. The number of methoxy groups -OCH3 is 1. The molecular formula is C24H21F2NO4. The standard InChI is InChI=1S/C24H21F2NO4/c1-13-9-15(11-14-7-8-19(31-24(25)26)20(12-14)30-2)22-17(10-13)21(23(28)29)16-5-3-4-6-18(16)27-22/h3-8,11-13,24H,9-10H2,1-2H3,(H,28,29)/b15-11+. The lowest BCUT2D eigenvalue weighted by Crippen LogP contribution is -2.17. The summed E-state index contributed by atoms with van der Waals surface area (Å²) in [6, 6.07) is 11.9. The van der Waals surface area contributed by atoms with Crippen LogP contribution in [0.5, 0.6) is 11.5 Å². The van der Waals surface area contributed by atoms with E-state index in [4.69, 9.17) is 9.72 Å². The SMILES string of the molecule is COc1cc(/C=C2\CC(C)Cc3c2nc2ccccc2c3C(=O)O)ccc1OC(F)F. The molecule has 0 fully saturated rings. The van der Waals surface area contributed by atoms with E-state index >= 15 is 0 Å². The molecule has 1 aliphatic carbocycles. The lowest BCUT2D eigenvalue weighted by molar-refractivity contribution is -0.0512. The second kappa shape index (κ2) is 8.34. The van der Waals surface area contributed by atoms with Crippen molar-refractivity contribution >= 4 is 28.5 Å². The Morgan fingerprint density at radius 3 is 2.68 bits per heavy atom. The Hall–Kier alpha value is -3.48. The number of para-hydroxylation sites is 1. The van der Waals surface area contributed by atoms with Gasteiger partial charge in [0.15, 0.2) is 11.5 Å². The first-order chi connectivity index (χ1) is 14.9. The van der Waals surface area contributed by atoms with Gasteiger partial charge in [0.05, 0.1) is 23.9 Å². The molecule has 1 atom stereocenters. The van der Waals surface area contributed by atoms with Crippen molar-refractivity contribution in [3.63, 3.8) is 0 Å². The Morgan fingerprint density at radius 2 is 1.97 bits per heavy atom. The number of ether oxygens (including phenoxy) is 2. The summed E-state index contributed by atoms with van der Waals surface area (Å²) in [7, 11) is 1.38. The number of benzene rings is 2. The van der Waals surface area contributed by atoms with E-state index in [1.807, 2.05) is 12.1 Å². The molecule has 0 bridgehead atoms. The second-order valence-corrected chi connectivity index (χ2v) is 7.61. The molecule has 1 aromatic heterocycles. The van der Waals surface area contributed by atoms with Gasteiger partial charge in [-0.3, -0.25) is 0 Å². The third-order valence-corrected chi connectivity index (χ3v) is 5.38. The number of aromatic carboxylic acids is 1. The van der Waals surface area contributed by atoms with Gasteiger partial charge in [-0.1, -0.05) is 31.2 Å². The van der Waals surface area contributed by atoms with Gasteiger partial charge in [0.1, 0.15) is 0 Å². The fraction of sp³-hybridized carbons (Fsp3) is 0.250. The fourth-order valence-electron chi connectivity index (χ4n) is 4.15. The smallest absolute Gasteiger partial charge is 0.387 e. The molecule has 1 aliphatic rings. The molecule has 7 heteroatoms. The Labute approximate surface area is 177 Å². The zero-order valence-corrected chi connectivity index (χ0v) is 17.1. The molecule has 1 N–H and O–H groups in total. The minimum atomic E-state index is -2.95. The number of hydrogen-bond acceptors (Lipinski definition) is 4. The summed E-state index contributed by atoms with van der Waals surface area (Å²) in [5.41, 5.74) is 3.92. The Balaban J connectivity index is 1.87. The molecule has 0 amide bonds. The quantitative estimate of drug-likeness (QED) is 0.571. The van der Waals surface area contributed by atoms with Crippen LogP contribution >= 0.6 is 0 Å². The molecule has 160 valence electrons. The highest BCUT2D eigenvalue weighted by Gasteiger charge is 2.28. The van der Waals surface area contributed by atoms with Crippen LogP contribution in [0.15, 0.2) is 42.5 Å². The molecule has 31 heavy (non-hydrogen) atoms. The van der Waals surface area contributed by atoms with Crippen LogP contribution in [0.4, 0.5) is 8.78 Å². The van der Waals surface area contributed by atoms with E-state index in [1.54, 1.807) is 30.3 Å². The zero-order chi connectivity index (χ0) is 22.1. The van der Waals surface area contributed by atoms with Crippen LogP contribution in [0.25, 0.3) is 22.6 Å². The monoisotopic (exact) mass is 425 g/mol. The predicted octanol–water partition coefficient (Wildman–Crippen LogP) is 5.67. The van der Waals surface area contributed by atoms with Crippen LogP contribution in [0.3, 0.4) is 0 Å². The number of allylic oxidation sites excluding steroid dienone is 1. The molecule has 5 nitrogen and oxygen atoms in total. The normalized spacial score (nSPS) is 17.1. The average Bonchev–Trinajstić information content (AvgIpc) is 2.72. The number of rotatable bonds is 5. The van der Waals surface area contributed by atoms with Crippen LogP contribution in [0.1, 0.15) is 40.5 Å². The van der Waals surface area contributed by atoms with Gasteiger partial charge in [0, 0.05) is 5.39 Å². The van der Waals surface area contributed by atoms with Gasteiger partial charge in [0.25, 0.3) is 0 Å². The molecule has 4 rings (SSSR count). The Morgan fingerprint density at radius 1 is 1.19 bits per heavy atom. The lowest BCUT2D eigenvalue weighted by atomic mass is 9.80. The number of alkyl halides is 2. The third kappa shape index (κ3) is 4.08. The molecule has 0 spiro atoms. The van der Waals surface area contributed by atoms with Crippen LogP contribution in [0, 0.1) is 5.92 Å². The van der Waals surface area contributed by atoms with Crippen LogP contribution in [0.2, 0.25) is 0 Å². The van der Waals surface area contributed by atoms with E-state index in [0.29, 0.717) is 23.0 Å². The molecule has 1 unspecified atom stereocenters. The maximum absolute atomic E-state index is 12.6. The molecular weight excluding hydrogens is 404 g/mol. The van der Waals surface area contributed by atoms with Crippen molar-refractivity contribution in [1.29, 1.82) is 0 Å². The van der Waals surface area contributed by atoms with Crippen molar-refractivity contribution < 1.29 is 28.2 Å². The highest BCUT2D eigenvalue weighted by molar-refractivity contribution is 6.05. The average molecular weight is 425 g/mol. The van der Waals surface area contributed by atoms with Gasteiger partial charge in [-0.05, 0) is 59.7 Å². The van der Waals surface area contributed by atoms with Crippen molar-refractivity contribution in [2.45, 2.75) is 26.4 Å². The summed E-state index contributed by atoms with van der Waals surface area (Å²) < 4.78 is 34.9. The summed E-state index contributed by atoms with van der Waals surface area (Å²) in [4.78, 5) is 16.9. The number of halogens is 2. The summed E-state index contributed by atoms with van der Waals surface area (Å²) in [5.74, 6) is -0.604. The van der Waals surface area contributed by atoms with Gasteiger partial charge >= 0.3 is 12.6 Å². The number of carboxylic acid groups (broad SMARTS) is 1. The summed E-state index contributed by atoms with van der Waals surface area (Å²) in [6.45, 7) is -0.881. The molecule has 2 aromatic carbocycles. The number of aromatic nitrogens is 1. The highest BCUT2D eigenvalue weighted by Crippen LogP contribution is 2.39. The van der Waals surface area contributed by atoms with Gasteiger partial charge in [-0.15, -0.1) is 0 Å². The van der Waals surface area contributed by atoms with Crippen LogP contribution in [-0.4, -0.2) is 29.8 Å². The first-order valence-electron chi connectivity index (χ1n) is 9.86. The van der Waals surface area contributed by atoms with E-state index in [-0.39, 0.29) is 23.0 Å². The molecule has 0 saturated carbocycles. The maximum Gasteiger partial charge on any atom is 0.387 e. The van der Waals surface area contributed by atoms with Crippen LogP contribution in [-0.2, 0) is 6.42 Å². The number of pyridine rings is 1. The third-order valence-electron chi connectivity index (χ3n) is 5.38. The number of nitrogens with zero attached hydrogens (tertiary/aromatic N) is 1. The van der Waals surface area contributed by atoms with E-state index < -0.39 is 12.6 Å². The molecule has 0 saturated heterocycles. The van der Waals surface area contributed by atoms with Crippen molar-refractivity contribution in [2.24, 2.45) is 5.92 Å². The molecule has 0 radical (unpaired) electrons. The van der Waals surface area contributed by atoms with Crippen molar-refractivity contribution in [1.82, 2.24) is 4.98 Å². The predicted molar refractivity (Wildman–Crippen MR) is 114 cm³/mol. The summed E-state index contributed by atoms with van der Waals surface area (Å²) in [6.07, 6.45) is 3.24. The largest absolute Gasteiger partial charge is 0.493 e. The maximum atomic E-state index is 12.6. The Bertz CT molecular complexity index is 1190. The minimum Gasteiger partial charge on any atom is -0.493 e. The number of hydrogen-bond donors (Lipinski definition) is 1. The van der Waals surface area contributed by atoms with Gasteiger partial charge in [0.2, 0.25) is 0 Å². The van der Waals surface area contributed by atoms with Gasteiger partial charge in [-0.2, -0.15) is 8.78 Å². The van der Waals surface area contributed by atoms with E-state index in [1.165, 1.54) is 13.2 Å². The molecule has 3 aromatic rings. The first kappa shape index (κ1) is 20.8. The molecule has 1 heterocycles. The van der Waals surface area contributed by atoms with Gasteiger partial charge in [-0.25, -0.2) is 9.78 Å². The van der Waals surface area contributed by atoms with Crippen LogP contribution < -0.4 is 9.47 Å². The minimum absolute atomic E-state index is 0.0469. The fourth-order valence-corrected chi connectivity index (χ4v) is 4.15. The second-order valence-electron chi connectivity index (χ2n) is 7.61. The van der Waals surface area contributed by atoms with Gasteiger partial charge < -0.3 is 14.6 Å². The van der Waals surface area contributed by atoms with Crippen molar-refractivity contribution in [2.75, 3.05) is 7.11 Å². The van der Waals surface area contributed by atoms with Crippen molar-refractivity contribution in [3.8, 4) is 11.5 Å². The zero-order valence-electron chi connectivity index (χ0n) is 17.1. The number of fused-ring (bicyclic) bond motifs is 2. The lowest BCUT2D eigenvalue weighted by Gasteiger charge is -2.26. The Kier molecular flexibility index (Phi) is 5.59. The van der Waals surface area contributed by atoms with E-state index in [9.17, 15) is 18.7 Å². The van der Waals surface area contributed by atoms with E-state index in [2.05, 4.69) is 11.7 Å². The van der Waals surface area contributed by atoms with Crippen molar-refractivity contribution in [3.05, 3.63) is 64.8 Å². The number of carbonyl (C=O) groups is 1. The van der Waals surface area contributed by atoms with E-state index in [0.717, 1.165) is 23.1 Å². The summed E-state index contributed by atoms with van der Waals surface area (Å²) >= 11 is 0. The topological polar surface area (TPSA) is 68.7 Å².